The van der Waals surface area contributed by atoms with Gasteiger partial charge in [-0.2, -0.15) is 5.10 Å². The molecule has 0 saturated heterocycles. The van der Waals surface area contributed by atoms with E-state index in [2.05, 4.69) is 10.1 Å². The molecule has 0 aliphatic heterocycles. The molecule has 3 rings (SSSR count). The molecule has 90 valence electrons. The minimum Gasteiger partial charge on any atom is -0.497 e. The van der Waals surface area contributed by atoms with Crippen LogP contribution in [0.4, 0.5) is 5.69 Å². The molecule has 0 spiro atoms. The number of anilines is 1. The predicted octanol–water partition coefficient (Wildman–Crippen LogP) is 1.99. The van der Waals surface area contributed by atoms with E-state index in [-0.39, 0.29) is 0 Å². The number of ether oxygens (including phenoxy) is 1. The number of nitrogens with zero attached hydrogens (tertiary/aromatic N) is 3. The van der Waals surface area contributed by atoms with E-state index in [0.717, 1.165) is 16.9 Å². The molecular formula is C13H12N4O. The fraction of sp³-hybridized carbons (Fsp3) is 0.0769. The van der Waals surface area contributed by atoms with Crippen LogP contribution >= 0.6 is 0 Å². The maximum Gasteiger partial charge on any atom is 0.178 e. The first kappa shape index (κ1) is 10.6. The van der Waals surface area contributed by atoms with Crippen LogP contribution in [-0.2, 0) is 0 Å². The highest BCUT2D eigenvalue weighted by Crippen LogP contribution is 2.22. The first-order valence-electron chi connectivity index (χ1n) is 5.51. The summed E-state index contributed by atoms with van der Waals surface area (Å²) in [6, 6.07) is 7.79. The third-order valence-corrected chi connectivity index (χ3v) is 2.81. The monoisotopic (exact) mass is 240 g/mol. The Morgan fingerprint density at radius 2 is 1.89 bits per heavy atom. The second kappa shape index (κ2) is 4.03. The van der Waals surface area contributed by atoms with Crippen LogP contribution < -0.4 is 10.5 Å². The van der Waals surface area contributed by atoms with Gasteiger partial charge >= 0.3 is 0 Å². The van der Waals surface area contributed by atoms with Crippen LogP contribution in [0.1, 0.15) is 0 Å². The van der Waals surface area contributed by atoms with Crippen molar-refractivity contribution in [3.05, 3.63) is 42.9 Å². The largest absolute Gasteiger partial charge is 0.497 e. The summed E-state index contributed by atoms with van der Waals surface area (Å²) in [6.45, 7) is 0. The second-order valence-corrected chi connectivity index (χ2v) is 3.94. The van der Waals surface area contributed by atoms with Gasteiger partial charge in [0.15, 0.2) is 5.65 Å². The van der Waals surface area contributed by atoms with Gasteiger partial charge in [0, 0.05) is 18.0 Å². The summed E-state index contributed by atoms with van der Waals surface area (Å²) >= 11 is 0. The van der Waals surface area contributed by atoms with Gasteiger partial charge in [0.1, 0.15) is 5.75 Å². The van der Waals surface area contributed by atoms with Crippen molar-refractivity contribution < 1.29 is 4.74 Å². The lowest BCUT2D eigenvalue weighted by Crippen LogP contribution is -1.93. The molecule has 18 heavy (non-hydrogen) atoms. The topological polar surface area (TPSA) is 65.4 Å². The van der Waals surface area contributed by atoms with Gasteiger partial charge in [-0.25, -0.2) is 9.50 Å². The number of hydrogen-bond acceptors (Lipinski definition) is 4. The summed E-state index contributed by atoms with van der Waals surface area (Å²) in [5.74, 6) is 0.830. The fourth-order valence-electron chi connectivity index (χ4n) is 1.83. The quantitative estimate of drug-likeness (QED) is 0.744. The zero-order valence-corrected chi connectivity index (χ0v) is 9.87. The van der Waals surface area contributed by atoms with Crippen LogP contribution in [0.5, 0.6) is 5.75 Å². The standard InChI is InChI=1S/C13H12N4O/c1-18-11-4-2-9(3-5-11)10-6-15-13-12(14)7-16-17(13)8-10/h2-8H,14H2,1H3. The van der Waals surface area contributed by atoms with Crippen molar-refractivity contribution in [3.63, 3.8) is 0 Å². The number of aromatic nitrogens is 3. The molecule has 0 radical (unpaired) electrons. The van der Waals surface area contributed by atoms with Crippen LogP contribution in [0, 0.1) is 0 Å². The summed E-state index contributed by atoms with van der Waals surface area (Å²) in [5.41, 5.74) is 9.03. The predicted molar refractivity (Wildman–Crippen MR) is 69.4 cm³/mol. The van der Waals surface area contributed by atoms with Crippen molar-refractivity contribution in [2.45, 2.75) is 0 Å². The molecule has 0 aliphatic carbocycles. The molecule has 3 aromatic rings. The number of methoxy groups -OCH3 is 1. The third-order valence-electron chi connectivity index (χ3n) is 2.81. The minimum atomic E-state index is 0.580. The van der Waals surface area contributed by atoms with Crippen LogP contribution in [0.2, 0.25) is 0 Å². The highest BCUT2D eigenvalue weighted by Gasteiger charge is 2.04. The Bertz CT molecular complexity index is 688. The molecule has 0 saturated carbocycles. The highest BCUT2D eigenvalue weighted by molar-refractivity contribution is 5.68. The van der Waals surface area contributed by atoms with Crippen molar-refractivity contribution in [3.8, 4) is 16.9 Å². The van der Waals surface area contributed by atoms with Gasteiger partial charge in [-0.1, -0.05) is 12.1 Å². The molecule has 0 unspecified atom stereocenters. The minimum absolute atomic E-state index is 0.580. The first-order valence-corrected chi connectivity index (χ1v) is 5.51. The molecule has 2 N–H and O–H groups in total. The number of hydrogen-bond donors (Lipinski definition) is 1. The number of benzene rings is 1. The van der Waals surface area contributed by atoms with E-state index in [4.69, 9.17) is 10.5 Å². The van der Waals surface area contributed by atoms with Crippen molar-refractivity contribution in [2.75, 3.05) is 12.8 Å². The molecule has 0 aliphatic rings. The Kier molecular flexibility index (Phi) is 2.37. The van der Waals surface area contributed by atoms with E-state index in [1.807, 2.05) is 30.5 Å². The molecule has 2 heterocycles. The SMILES string of the molecule is COc1ccc(-c2cnc3c(N)cnn3c2)cc1. The van der Waals surface area contributed by atoms with Crippen LogP contribution in [-0.4, -0.2) is 21.7 Å². The number of nitrogen functional groups attached to an aromatic ring is 1. The van der Waals surface area contributed by atoms with Gasteiger partial charge < -0.3 is 10.5 Å². The smallest absolute Gasteiger partial charge is 0.178 e. The number of nitrogens with two attached hydrogens (primary N) is 1. The lowest BCUT2D eigenvalue weighted by molar-refractivity contribution is 0.415. The van der Waals surface area contributed by atoms with E-state index in [0.29, 0.717) is 11.3 Å². The van der Waals surface area contributed by atoms with Crippen LogP contribution in [0.25, 0.3) is 16.8 Å². The van der Waals surface area contributed by atoms with Gasteiger partial charge in [0.25, 0.3) is 0 Å². The molecule has 1 aromatic carbocycles. The average Bonchev–Trinajstić information content (AvgIpc) is 2.80. The lowest BCUT2D eigenvalue weighted by Gasteiger charge is -2.04. The molecule has 2 aromatic heterocycles. The molecular weight excluding hydrogens is 228 g/mol. The Morgan fingerprint density at radius 3 is 2.61 bits per heavy atom. The van der Waals surface area contributed by atoms with E-state index >= 15 is 0 Å². The number of rotatable bonds is 2. The molecule has 0 bridgehead atoms. The second-order valence-electron chi connectivity index (χ2n) is 3.94. The Balaban J connectivity index is 2.07. The fourth-order valence-corrected chi connectivity index (χ4v) is 1.83. The molecule has 0 amide bonds. The van der Waals surface area contributed by atoms with Crippen molar-refractivity contribution >= 4 is 11.3 Å². The normalized spacial score (nSPS) is 10.7. The van der Waals surface area contributed by atoms with Crippen molar-refractivity contribution in [1.82, 2.24) is 14.6 Å². The summed E-state index contributed by atoms with van der Waals surface area (Å²) in [7, 11) is 1.65. The Labute approximate surface area is 104 Å². The van der Waals surface area contributed by atoms with E-state index < -0.39 is 0 Å². The van der Waals surface area contributed by atoms with Crippen LogP contribution in [0.15, 0.2) is 42.9 Å². The van der Waals surface area contributed by atoms with Gasteiger partial charge in [-0.15, -0.1) is 0 Å². The average molecular weight is 240 g/mol. The Morgan fingerprint density at radius 1 is 1.11 bits per heavy atom. The first-order chi connectivity index (χ1) is 8.78. The van der Waals surface area contributed by atoms with Crippen molar-refractivity contribution in [1.29, 1.82) is 0 Å². The summed E-state index contributed by atoms with van der Waals surface area (Å²) in [5, 5.41) is 4.14. The van der Waals surface area contributed by atoms with Gasteiger partial charge in [-0.3, -0.25) is 0 Å². The summed E-state index contributed by atoms with van der Waals surface area (Å²) in [4.78, 5) is 4.30. The third kappa shape index (κ3) is 1.66. The van der Waals surface area contributed by atoms with Gasteiger partial charge in [-0.05, 0) is 17.7 Å². The molecule has 0 fully saturated rings. The molecule has 5 heteroatoms. The summed E-state index contributed by atoms with van der Waals surface area (Å²) < 4.78 is 6.80. The summed E-state index contributed by atoms with van der Waals surface area (Å²) in [6.07, 6.45) is 5.29. The molecule has 5 nitrogen and oxygen atoms in total. The van der Waals surface area contributed by atoms with Gasteiger partial charge in [0.2, 0.25) is 0 Å². The maximum absolute atomic E-state index is 5.74. The zero-order valence-electron chi connectivity index (χ0n) is 9.87. The van der Waals surface area contributed by atoms with Gasteiger partial charge in [0.05, 0.1) is 19.0 Å². The molecule has 0 atom stereocenters. The maximum atomic E-state index is 5.74. The Hall–Kier alpha value is -2.56. The zero-order chi connectivity index (χ0) is 12.5. The number of fused-ring (bicyclic) bond motifs is 1. The van der Waals surface area contributed by atoms with E-state index in [1.165, 1.54) is 0 Å². The van der Waals surface area contributed by atoms with Crippen LogP contribution in [0.3, 0.4) is 0 Å². The lowest BCUT2D eigenvalue weighted by atomic mass is 10.1. The van der Waals surface area contributed by atoms with E-state index in [1.54, 1.807) is 24.0 Å². The van der Waals surface area contributed by atoms with E-state index in [9.17, 15) is 0 Å². The van der Waals surface area contributed by atoms with Crippen molar-refractivity contribution in [2.24, 2.45) is 0 Å². The highest BCUT2D eigenvalue weighted by atomic mass is 16.5.